The lowest BCUT2D eigenvalue weighted by Crippen LogP contribution is -2.19. The zero-order valence-electron chi connectivity index (χ0n) is 10.7. The summed E-state index contributed by atoms with van der Waals surface area (Å²) in [5.74, 6) is -1.26. The summed E-state index contributed by atoms with van der Waals surface area (Å²) in [6.07, 6.45) is 0.253. The summed E-state index contributed by atoms with van der Waals surface area (Å²) < 4.78 is 65.7. The number of rotatable bonds is 7. The van der Waals surface area contributed by atoms with Gasteiger partial charge in [0.05, 0.1) is 16.3 Å². The zero-order chi connectivity index (χ0) is 15.4. The molecule has 0 unspecified atom stereocenters. The third-order valence-corrected chi connectivity index (χ3v) is 4.56. The molecule has 0 atom stereocenters. The first kappa shape index (κ1) is 16.8. The van der Waals surface area contributed by atoms with Crippen LogP contribution in [-0.4, -0.2) is 36.3 Å². The monoisotopic (exact) mass is 326 g/mol. The molecule has 1 aromatic carbocycles. The summed E-state index contributed by atoms with van der Waals surface area (Å²) in [6, 6.07) is 2.68. The van der Waals surface area contributed by atoms with Crippen molar-refractivity contribution in [2.45, 2.75) is 11.3 Å². The van der Waals surface area contributed by atoms with E-state index in [9.17, 15) is 21.2 Å². The van der Waals surface area contributed by atoms with Crippen LogP contribution in [-0.2, 0) is 24.8 Å². The second-order valence-corrected chi connectivity index (χ2v) is 7.36. The Hall–Kier alpha value is -1.23. The van der Waals surface area contributed by atoms with Crippen LogP contribution in [0.2, 0.25) is 0 Å². The summed E-state index contributed by atoms with van der Waals surface area (Å²) in [5, 5.41) is 4.84. The van der Waals surface area contributed by atoms with Crippen molar-refractivity contribution in [1.82, 2.24) is 0 Å². The third-order valence-electron chi connectivity index (χ3n) is 2.30. The first-order valence-corrected chi connectivity index (χ1v) is 8.67. The molecule has 10 heteroatoms. The predicted octanol–water partition coefficient (Wildman–Crippen LogP) is 0.251. The largest absolute Gasteiger partial charge is 0.385 e. The van der Waals surface area contributed by atoms with Gasteiger partial charge in [-0.15, -0.1) is 0 Å². The van der Waals surface area contributed by atoms with Crippen molar-refractivity contribution in [3.8, 4) is 0 Å². The number of benzene rings is 1. The van der Waals surface area contributed by atoms with Gasteiger partial charge in [-0.2, -0.15) is 0 Å². The fourth-order valence-corrected chi connectivity index (χ4v) is 2.99. The molecular weight excluding hydrogens is 311 g/mol. The maximum absolute atomic E-state index is 13.6. The van der Waals surface area contributed by atoms with E-state index < -0.39 is 30.8 Å². The summed E-state index contributed by atoms with van der Waals surface area (Å²) in [5.41, 5.74) is -0.338. The number of halogens is 1. The number of anilines is 1. The molecule has 0 saturated heterocycles. The van der Waals surface area contributed by atoms with Crippen molar-refractivity contribution >= 4 is 25.7 Å². The van der Waals surface area contributed by atoms with Crippen molar-refractivity contribution in [3.05, 3.63) is 24.0 Å². The van der Waals surface area contributed by atoms with Crippen LogP contribution in [0.5, 0.6) is 0 Å². The zero-order valence-corrected chi connectivity index (χ0v) is 12.3. The average molecular weight is 326 g/mol. The number of sulfonamides is 2. The van der Waals surface area contributed by atoms with Gasteiger partial charge in [-0.25, -0.2) is 26.4 Å². The second kappa shape index (κ2) is 6.48. The first-order valence-electron chi connectivity index (χ1n) is 5.47. The smallest absolute Gasteiger partial charge is 0.238 e. The fourth-order valence-electron chi connectivity index (χ4n) is 1.37. The minimum atomic E-state index is -4.04. The number of hydrogen-bond acceptors (Lipinski definition) is 5. The average Bonchev–Trinajstić information content (AvgIpc) is 2.30. The molecule has 1 rings (SSSR count). The molecule has 114 valence electrons. The summed E-state index contributed by atoms with van der Waals surface area (Å²) in [6.45, 7) is 0.258. The maximum Gasteiger partial charge on any atom is 0.238 e. The van der Waals surface area contributed by atoms with Gasteiger partial charge in [0.25, 0.3) is 0 Å². The van der Waals surface area contributed by atoms with E-state index in [2.05, 4.69) is 0 Å². The van der Waals surface area contributed by atoms with Crippen LogP contribution in [0.4, 0.5) is 10.1 Å². The number of nitrogens with one attached hydrogen (secondary N) is 1. The van der Waals surface area contributed by atoms with Crippen LogP contribution in [0.3, 0.4) is 0 Å². The molecule has 7 nitrogen and oxygen atoms in total. The van der Waals surface area contributed by atoms with Crippen molar-refractivity contribution in [2.24, 2.45) is 5.14 Å². The van der Waals surface area contributed by atoms with E-state index in [0.717, 1.165) is 12.1 Å². The third kappa shape index (κ3) is 5.04. The Bertz CT molecular complexity index is 673. The maximum atomic E-state index is 13.6. The number of nitrogens with two attached hydrogens (primary N) is 1. The molecule has 0 spiro atoms. The standard InChI is InChI=1S/C10H15FN2O5S2/c1-18-5-2-6-19(14,15)13-10-4-3-8(7-9(10)11)20(12,16)17/h3-4,7,13H,2,5-6H2,1H3,(H2,12,16,17). The van der Waals surface area contributed by atoms with E-state index in [4.69, 9.17) is 9.88 Å². The van der Waals surface area contributed by atoms with Crippen molar-refractivity contribution in [1.29, 1.82) is 0 Å². The van der Waals surface area contributed by atoms with Gasteiger partial charge in [0.2, 0.25) is 20.0 Å². The quantitative estimate of drug-likeness (QED) is 0.697. The van der Waals surface area contributed by atoms with E-state index in [1.807, 2.05) is 4.72 Å². The fraction of sp³-hybridized carbons (Fsp3) is 0.400. The van der Waals surface area contributed by atoms with E-state index in [1.54, 1.807) is 0 Å². The highest BCUT2D eigenvalue weighted by molar-refractivity contribution is 7.92. The van der Waals surface area contributed by atoms with Crippen molar-refractivity contribution in [3.63, 3.8) is 0 Å². The lowest BCUT2D eigenvalue weighted by molar-refractivity contribution is 0.199. The van der Waals surface area contributed by atoms with Gasteiger partial charge >= 0.3 is 0 Å². The molecule has 0 heterocycles. The molecule has 0 aliphatic carbocycles. The van der Waals surface area contributed by atoms with Gasteiger partial charge in [-0.1, -0.05) is 0 Å². The van der Waals surface area contributed by atoms with E-state index in [-0.39, 0.29) is 24.5 Å². The van der Waals surface area contributed by atoms with E-state index in [0.29, 0.717) is 6.07 Å². The van der Waals surface area contributed by atoms with Crippen LogP contribution in [0.1, 0.15) is 6.42 Å². The molecular formula is C10H15FN2O5S2. The van der Waals surface area contributed by atoms with Gasteiger partial charge in [-0.05, 0) is 24.6 Å². The van der Waals surface area contributed by atoms with E-state index in [1.165, 1.54) is 7.11 Å². The van der Waals surface area contributed by atoms with Crippen LogP contribution < -0.4 is 9.86 Å². The van der Waals surface area contributed by atoms with Gasteiger partial charge < -0.3 is 4.74 Å². The highest BCUT2D eigenvalue weighted by Crippen LogP contribution is 2.19. The van der Waals surface area contributed by atoms with E-state index >= 15 is 0 Å². The molecule has 3 N–H and O–H groups in total. The lowest BCUT2D eigenvalue weighted by Gasteiger charge is -2.09. The topological polar surface area (TPSA) is 116 Å². The first-order chi connectivity index (χ1) is 9.15. The Balaban J connectivity index is 2.89. The normalized spacial score (nSPS) is 12.3. The van der Waals surface area contributed by atoms with Gasteiger partial charge in [-0.3, -0.25) is 4.72 Å². The lowest BCUT2D eigenvalue weighted by atomic mass is 10.3. The molecule has 0 bridgehead atoms. The van der Waals surface area contributed by atoms with Gasteiger partial charge in [0.15, 0.2) is 0 Å². The van der Waals surface area contributed by atoms with Crippen LogP contribution >= 0.6 is 0 Å². The molecule has 0 aromatic heterocycles. The van der Waals surface area contributed by atoms with Gasteiger partial charge in [0.1, 0.15) is 5.82 Å². The summed E-state index contributed by atoms with van der Waals surface area (Å²) >= 11 is 0. The van der Waals surface area contributed by atoms with Gasteiger partial charge in [0, 0.05) is 13.7 Å². The Morgan fingerprint density at radius 1 is 1.30 bits per heavy atom. The molecule has 0 saturated carbocycles. The molecule has 0 radical (unpaired) electrons. The molecule has 0 fully saturated rings. The van der Waals surface area contributed by atoms with Crippen molar-refractivity contribution < 1.29 is 26.0 Å². The summed E-state index contributed by atoms with van der Waals surface area (Å²) in [4.78, 5) is -0.433. The highest BCUT2D eigenvalue weighted by Gasteiger charge is 2.16. The molecule has 0 aliphatic rings. The molecule has 0 aliphatic heterocycles. The Morgan fingerprint density at radius 3 is 2.45 bits per heavy atom. The number of primary sulfonamides is 1. The molecule has 20 heavy (non-hydrogen) atoms. The van der Waals surface area contributed by atoms with Crippen LogP contribution in [0.25, 0.3) is 0 Å². The second-order valence-electron chi connectivity index (χ2n) is 3.95. The molecule has 0 amide bonds. The number of ether oxygens (including phenoxy) is 1. The Labute approximate surface area is 117 Å². The van der Waals surface area contributed by atoms with Crippen LogP contribution in [0.15, 0.2) is 23.1 Å². The summed E-state index contributed by atoms with van der Waals surface area (Å²) in [7, 11) is -6.33. The Morgan fingerprint density at radius 2 is 1.95 bits per heavy atom. The minimum absolute atomic E-state index is 0.239. The highest BCUT2D eigenvalue weighted by atomic mass is 32.2. The predicted molar refractivity (Wildman–Crippen MR) is 71.7 cm³/mol. The Kier molecular flexibility index (Phi) is 5.45. The molecule has 1 aromatic rings. The van der Waals surface area contributed by atoms with Crippen molar-refractivity contribution in [2.75, 3.05) is 24.2 Å². The SMILES string of the molecule is COCCCS(=O)(=O)Nc1ccc(S(N)(=O)=O)cc1F. The number of hydrogen-bond donors (Lipinski definition) is 2. The number of methoxy groups -OCH3 is 1. The van der Waals surface area contributed by atoms with Crippen LogP contribution in [0, 0.1) is 5.82 Å². The minimum Gasteiger partial charge on any atom is -0.385 e.